The van der Waals surface area contributed by atoms with Gasteiger partial charge in [0.1, 0.15) is 5.82 Å². The molecule has 2 heterocycles. The van der Waals surface area contributed by atoms with Crippen LogP contribution < -0.4 is 4.90 Å². The molecule has 0 saturated heterocycles. The van der Waals surface area contributed by atoms with E-state index in [1.54, 1.807) is 0 Å². The van der Waals surface area contributed by atoms with Crippen molar-refractivity contribution < 1.29 is 9.59 Å². The molecule has 0 aromatic carbocycles. The van der Waals surface area contributed by atoms with Gasteiger partial charge in [-0.2, -0.15) is 0 Å². The summed E-state index contributed by atoms with van der Waals surface area (Å²) in [5.74, 6) is -0.0927. The van der Waals surface area contributed by atoms with E-state index in [4.69, 9.17) is 0 Å². The summed E-state index contributed by atoms with van der Waals surface area (Å²) in [6.45, 7) is 7.56. The van der Waals surface area contributed by atoms with Crippen molar-refractivity contribution >= 4 is 17.6 Å². The van der Waals surface area contributed by atoms with Crippen molar-refractivity contribution in [3.63, 3.8) is 0 Å². The van der Waals surface area contributed by atoms with Crippen molar-refractivity contribution in [1.29, 1.82) is 0 Å². The lowest BCUT2D eigenvalue weighted by Crippen LogP contribution is -2.32. The lowest BCUT2D eigenvalue weighted by molar-refractivity contribution is -0.120. The maximum atomic E-state index is 12.1. The second-order valence-corrected chi connectivity index (χ2v) is 4.53. The fourth-order valence-corrected chi connectivity index (χ4v) is 2.03. The SMILES string of the molecule is CCC1=CC(=O)N(c2nc(C)c(C)cc2C)C1=O. The largest absolute Gasteiger partial charge is 0.269 e. The highest BCUT2D eigenvalue weighted by molar-refractivity contribution is 6.30. The number of carbonyl (C=O) groups is 2. The third-order valence-corrected chi connectivity index (χ3v) is 3.22. The highest BCUT2D eigenvalue weighted by atomic mass is 16.2. The number of amides is 2. The number of imide groups is 1. The number of nitrogens with zero attached hydrogens (tertiary/aromatic N) is 2. The summed E-state index contributed by atoms with van der Waals surface area (Å²) >= 11 is 0. The van der Waals surface area contributed by atoms with Gasteiger partial charge in [0.25, 0.3) is 11.8 Å². The first-order valence-electron chi connectivity index (χ1n) is 5.99. The second-order valence-electron chi connectivity index (χ2n) is 4.53. The normalized spacial score (nSPS) is 15.3. The summed E-state index contributed by atoms with van der Waals surface area (Å²) in [7, 11) is 0. The van der Waals surface area contributed by atoms with Gasteiger partial charge in [-0.1, -0.05) is 13.0 Å². The first-order valence-corrected chi connectivity index (χ1v) is 5.99. The van der Waals surface area contributed by atoms with Crippen LogP contribution in [0.2, 0.25) is 0 Å². The molecule has 0 aliphatic carbocycles. The van der Waals surface area contributed by atoms with Crippen LogP contribution in [0.4, 0.5) is 5.82 Å². The Morgan fingerprint density at radius 2 is 1.83 bits per heavy atom. The third kappa shape index (κ3) is 1.83. The summed E-state index contributed by atoms with van der Waals surface area (Å²) in [4.78, 5) is 29.5. The van der Waals surface area contributed by atoms with Crippen LogP contribution in [0.5, 0.6) is 0 Å². The average Bonchev–Trinajstić information content (AvgIpc) is 2.59. The number of pyridine rings is 1. The monoisotopic (exact) mass is 244 g/mol. The first kappa shape index (κ1) is 12.5. The summed E-state index contributed by atoms with van der Waals surface area (Å²) < 4.78 is 0. The van der Waals surface area contributed by atoms with E-state index in [2.05, 4.69) is 4.98 Å². The Labute approximate surface area is 106 Å². The van der Waals surface area contributed by atoms with Gasteiger partial charge in [-0.05, 0) is 38.3 Å². The molecule has 0 spiro atoms. The van der Waals surface area contributed by atoms with Crippen LogP contribution >= 0.6 is 0 Å². The van der Waals surface area contributed by atoms with Crippen molar-refractivity contribution in [2.24, 2.45) is 0 Å². The van der Waals surface area contributed by atoms with Crippen LogP contribution in [0.25, 0.3) is 0 Å². The predicted molar refractivity (Wildman–Crippen MR) is 69.3 cm³/mol. The fourth-order valence-electron chi connectivity index (χ4n) is 2.03. The Bertz CT molecular complexity index is 573. The van der Waals surface area contributed by atoms with Crippen LogP contribution in [-0.2, 0) is 9.59 Å². The minimum absolute atomic E-state index is 0.249. The summed E-state index contributed by atoms with van der Waals surface area (Å²) in [6, 6.07) is 1.95. The molecule has 0 atom stereocenters. The predicted octanol–water partition coefficient (Wildman–Crippen LogP) is 2.22. The van der Waals surface area contributed by atoms with E-state index in [0.717, 1.165) is 16.8 Å². The Balaban J connectivity index is 2.49. The molecule has 0 fully saturated rings. The average molecular weight is 244 g/mol. The van der Waals surface area contributed by atoms with Crippen LogP contribution in [0.15, 0.2) is 17.7 Å². The zero-order chi connectivity index (χ0) is 13.4. The smallest absolute Gasteiger partial charge is 0.262 e. The van der Waals surface area contributed by atoms with E-state index >= 15 is 0 Å². The molecule has 1 aromatic rings. The van der Waals surface area contributed by atoms with Crippen molar-refractivity contribution in [2.45, 2.75) is 34.1 Å². The Morgan fingerprint density at radius 1 is 1.17 bits per heavy atom. The van der Waals surface area contributed by atoms with Gasteiger partial charge in [0.15, 0.2) is 0 Å². The van der Waals surface area contributed by atoms with Crippen molar-refractivity contribution in [2.75, 3.05) is 4.90 Å². The lowest BCUT2D eigenvalue weighted by atomic mass is 10.1. The Morgan fingerprint density at radius 3 is 2.39 bits per heavy atom. The van der Waals surface area contributed by atoms with Crippen molar-refractivity contribution in [3.8, 4) is 0 Å². The van der Waals surface area contributed by atoms with Crippen molar-refractivity contribution in [1.82, 2.24) is 4.98 Å². The summed E-state index contributed by atoms with van der Waals surface area (Å²) in [6.07, 6.45) is 1.96. The Hall–Kier alpha value is -1.97. The number of aryl methyl sites for hydroxylation is 3. The van der Waals surface area contributed by atoms with Gasteiger partial charge in [-0.25, -0.2) is 9.88 Å². The lowest BCUT2D eigenvalue weighted by Gasteiger charge is -2.17. The van der Waals surface area contributed by atoms with Gasteiger partial charge in [0.2, 0.25) is 0 Å². The van der Waals surface area contributed by atoms with Gasteiger partial charge in [0.05, 0.1) is 0 Å². The van der Waals surface area contributed by atoms with Gasteiger partial charge < -0.3 is 0 Å². The van der Waals surface area contributed by atoms with E-state index in [1.165, 1.54) is 11.0 Å². The van der Waals surface area contributed by atoms with E-state index in [1.807, 2.05) is 33.8 Å². The molecular weight excluding hydrogens is 228 g/mol. The molecule has 2 rings (SSSR count). The highest BCUT2D eigenvalue weighted by Gasteiger charge is 2.33. The van der Waals surface area contributed by atoms with Gasteiger partial charge in [-0.3, -0.25) is 9.59 Å². The van der Waals surface area contributed by atoms with E-state index in [0.29, 0.717) is 17.8 Å². The molecule has 4 heteroatoms. The number of hydrogen-bond acceptors (Lipinski definition) is 3. The number of carbonyl (C=O) groups excluding carboxylic acids is 2. The fraction of sp³-hybridized carbons (Fsp3) is 0.357. The number of anilines is 1. The second kappa shape index (κ2) is 4.37. The number of rotatable bonds is 2. The van der Waals surface area contributed by atoms with E-state index in [9.17, 15) is 9.59 Å². The molecule has 0 bridgehead atoms. The molecule has 0 saturated carbocycles. The Kier molecular flexibility index (Phi) is 3.03. The molecule has 18 heavy (non-hydrogen) atoms. The minimum atomic E-state index is -0.296. The van der Waals surface area contributed by atoms with Gasteiger partial charge >= 0.3 is 0 Å². The molecule has 94 valence electrons. The number of hydrogen-bond donors (Lipinski definition) is 0. The molecular formula is C14H16N2O2. The molecule has 1 aromatic heterocycles. The zero-order valence-electron chi connectivity index (χ0n) is 11.1. The molecule has 4 nitrogen and oxygen atoms in total. The maximum Gasteiger partial charge on any atom is 0.262 e. The van der Waals surface area contributed by atoms with E-state index < -0.39 is 0 Å². The summed E-state index contributed by atoms with van der Waals surface area (Å²) in [5, 5.41) is 0. The molecule has 1 aliphatic heterocycles. The quantitative estimate of drug-likeness (QED) is 0.749. The van der Waals surface area contributed by atoms with Crippen molar-refractivity contribution in [3.05, 3.63) is 34.5 Å². The van der Waals surface area contributed by atoms with Gasteiger partial charge in [-0.15, -0.1) is 0 Å². The number of aromatic nitrogens is 1. The molecule has 0 unspecified atom stereocenters. The minimum Gasteiger partial charge on any atom is -0.269 e. The van der Waals surface area contributed by atoms with Crippen LogP contribution in [-0.4, -0.2) is 16.8 Å². The maximum absolute atomic E-state index is 12.1. The highest BCUT2D eigenvalue weighted by Crippen LogP contribution is 2.26. The topological polar surface area (TPSA) is 50.3 Å². The van der Waals surface area contributed by atoms with Crippen LogP contribution in [0, 0.1) is 20.8 Å². The molecule has 0 N–H and O–H groups in total. The van der Waals surface area contributed by atoms with E-state index in [-0.39, 0.29) is 11.8 Å². The van der Waals surface area contributed by atoms with Gasteiger partial charge in [0, 0.05) is 17.3 Å². The first-order chi connectivity index (χ1) is 8.45. The standard InChI is InChI=1S/C14H16N2O2/c1-5-11-7-12(17)16(14(11)18)13-9(3)6-8(2)10(4)15-13/h6-7H,5H2,1-4H3. The van der Waals surface area contributed by atoms with Crippen LogP contribution in [0.3, 0.4) is 0 Å². The summed E-state index contributed by atoms with van der Waals surface area (Å²) in [5.41, 5.74) is 3.27. The zero-order valence-corrected chi connectivity index (χ0v) is 11.1. The van der Waals surface area contributed by atoms with Crippen LogP contribution in [0.1, 0.15) is 30.2 Å². The molecule has 1 aliphatic rings. The third-order valence-electron chi connectivity index (χ3n) is 3.22. The molecule has 2 amide bonds. The molecule has 0 radical (unpaired) electrons.